The Hall–Kier alpha value is -2.50. The highest BCUT2D eigenvalue weighted by Crippen LogP contribution is 2.45. The molecule has 3 heterocycles. The molecule has 2 aromatic rings. The summed E-state index contributed by atoms with van der Waals surface area (Å²) in [5.41, 5.74) is 4.11. The van der Waals surface area contributed by atoms with Crippen molar-refractivity contribution >= 4 is 5.91 Å². The van der Waals surface area contributed by atoms with Gasteiger partial charge in [0.05, 0.1) is 5.69 Å². The van der Waals surface area contributed by atoms with Crippen LogP contribution in [0.5, 0.6) is 0 Å². The van der Waals surface area contributed by atoms with Crippen LogP contribution in [0.2, 0.25) is 0 Å². The lowest BCUT2D eigenvalue weighted by Crippen LogP contribution is -2.48. The number of H-pyrrole nitrogens is 1. The highest BCUT2D eigenvalue weighted by Gasteiger charge is 2.46. The number of carbonyl (C=O) groups is 1. The molecule has 6 heteroatoms. The molecule has 0 radical (unpaired) electrons. The van der Waals surface area contributed by atoms with Gasteiger partial charge in [-0.3, -0.25) is 14.6 Å². The maximum Gasteiger partial charge on any atom is 0.254 e. The van der Waals surface area contributed by atoms with Crippen LogP contribution in [0, 0.1) is 13.8 Å². The zero-order valence-corrected chi connectivity index (χ0v) is 16.5. The fourth-order valence-corrected chi connectivity index (χ4v) is 5.06. The van der Waals surface area contributed by atoms with Crippen molar-refractivity contribution in [2.75, 3.05) is 13.1 Å². The molecule has 146 valence electrons. The van der Waals surface area contributed by atoms with Crippen molar-refractivity contribution < 1.29 is 4.79 Å². The first kappa shape index (κ1) is 17.6. The molecule has 0 aromatic carbocycles. The van der Waals surface area contributed by atoms with Gasteiger partial charge in [-0.05, 0) is 64.5 Å². The second-order valence-electron chi connectivity index (χ2n) is 8.80. The molecule has 6 nitrogen and oxygen atoms in total. The number of aryl methyl sites for hydroxylation is 2. The second-order valence-corrected chi connectivity index (χ2v) is 8.80. The molecule has 1 saturated heterocycles. The molecular formula is C22H26N4O2. The van der Waals surface area contributed by atoms with E-state index in [9.17, 15) is 9.59 Å². The zero-order valence-electron chi connectivity index (χ0n) is 16.5. The predicted octanol–water partition coefficient (Wildman–Crippen LogP) is 2.78. The van der Waals surface area contributed by atoms with Gasteiger partial charge in [0.1, 0.15) is 5.82 Å². The van der Waals surface area contributed by atoms with Gasteiger partial charge in [-0.25, -0.2) is 4.98 Å². The summed E-state index contributed by atoms with van der Waals surface area (Å²) in [4.78, 5) is 40.1. The summed E-state index contributed by atoms with van der Waals surface area (Å²) in [5, 5.41) is 0. The van der Waals surface area contributed by atoms with Gasteiger partial charge in [0.15, 0.2) is 0 Å². The average molecular weight is 378 g/mol. The number of piperidine rings is 1. The monoisotopic (exact) mass is 378 g/mol. The van der Waals surface area contributed by atoms with E-state index in [0.29, 0.717) is 18.0 Å². The number of hydrogen-bond acceptors (Lipinski definition) is 4. The van der Waals surface area contributed by atoms with Gasteiger partial charge in [-0.1, -0.05) is 0 Å². The SMILES string of the molecule is Cc1cc(C(=O)N2CCCC3(CCc4c3nc(C3CC3)[nH]c4=O)C2)cc(C)n1. The molecule has 1 aliphatic heterocycles. The Morgan fingerprint density at radius 2 is 1.93 bits per heavy atom. The number of pyridine rings is 1. The molecule has 3 aliphatic rings. The summed E-state index contributed by atoms with van der Waals surface area (Å²) in [6.07, 6.45) is 5.84. The van der Waals surface area contributed by atoms with Crippen molar-refractivity contribution in [2.45, 2.75) is 63.7 Å². The first-order valence-corrected chi connectivity index (χ1v) is 10.3. The van der Waals surface area contributed by atoms with Crippen molar-refractivity contribution in [1.29, 1.82) is 0 Å². The topological polar surface area (TPSA) is 79.0 Å². The van der Waals surface area contributed by atoms with Crippen molar-refractivity contribution in [3.63, 3.8) is 0 Å². The van der Waals surface area contributed by atoms with Gasteiger partial charge in [0.25, 0.3) is 11.5 Å². The number of carbonyl (C=O) groups excluding carboxylic acids is 1. The van der Waals surface area contributed by atoms with Crippen LogP contribution in [0.4, 0.5) is 0 Å². The molecule has 28 heavy (non-hydrogen) atoms. The number of rotatable bonds is 2. The highest BCUT2D eigenvalue weighted by molar-refractivity contribution is 5.94. The standard InChI is InChI=1S/C22H26N4O2/c1-13-10-16(11-14(2)23-13)21(28)26-9-3-7-22(12-26)8-6-17-18(22)24-19(15-4-5-15)25-20(17)27/h10-11,15H,3-9,12H2,1-2H3,(H,24,25,27). The van der Waals surface area contributed by atoms with Gasteiger partial charge in [-0.2, -0.15) is 0 Å². The molecule has 2 fully saturated rings. The van der Waals surface area contributed by atoms with Crippen LogP contribution < -0.4 is 5.56 Å². The summed E-state index contributed by atoms with van der Waals surface area (Å²) < 4.78 is 0. The smallest absolute Gasteiger partial charge is 0.254 e. The summed E-state index contributed by atoms with van der Waals surface area (Å²) in [6.45, 7) is 5.25. The van der Waals surface area contributed by atoms with Gasteiger partial charge in [0, 0.05) is 46.9 Å². The minimum absolute atomic E-state index is 0.0348. The number of nitrogens with one attached hydrogen (secondary N) is 1. The molecule has 1 unspecified atom stereocenters. The van der Waals surface area contributed by atoms with E-state index in [-0.39, 0.29) is 16.9 Å². The minimum Gasteiger partial charge on any atom is -0.338 e. The number of likely N-dealkylation sites (tertiary alicyclic amines) is 1. The fourth-order valence-electron chi connectivity index (χ4n) is 5.06. The predicted molar refractivity (Wildman–Crippen MR) is 106 cm³/mol. The molecule has 2 aliphatic carbocycles. The quantitative estimate of drug-likeness (QED) is 0.872. The number of nitrogens with zero attached hydrogens (tertiary/aromatic N) is 3. The Morgan fingerprint density at radius 1 is 1.18 bits per heavy atom. The van der Waals surface area contributed by atoms with Crippen molar-refractivity contribution in [1.82, 2.24) is 19.9 Å². The van der Waals surface area contributed by atoms with Crippen LogP contribution in [-0.4, -0.2) is 38.8 Å². The van der Waals surface area contributed by atoms with E-state index in [1.165, 1.54) is 0 Å². The van der Waals surface area contributed by atoms with Crippen LogP contribution in [0.3, 0.4) is 0 Å². The van der Waals surface area contributed by atoms with Crippen LogP contribution in [-0.2, 0) is 11.8 Å². The van der Waals surface area contributed by atoms with E-state index in [0.717, 1.165) is 73.5 Å². The van der Waals surface area contributed by atoms with Gasteiger partial charge < -0.3 is 9.88 Å². The lowest BCUT2D eigenvalue weighted by molar-refractivity contribution is 0.0633. The van der Waals surface area contributed by atoms with E-state index >= 15 is 0 Å². The van der Waals surface area contributed by atoms with E-state index in [2.05, 4.69) is 9.97 Å². The Bertz CT molecular complexity index is 1000. The Morgan fingerprint density at radius 3 is 2.64 bits per heavy atom. The van der Waals surface area contributed by atoms with E-state index in [1.54, 1.807) is 0 Å². The minimum atomic E-state index is -0.168. The second kappa shape index (κ2) is 6.26. The summed E-state index contributed by atoms with van der Waals surface area (Å²) in [6, 6.07) is 3.74. The third-order valence-electron chi connectivity index (χ3n) is 6.55. The summed E-state index contributed by atoms with van der Waals surface area (Å²) in [5.74, 6) is 1.34. The van der Waals surface area contributed by atoms with Gasteiger partial charge >= 0.3 is 0 Å². The largest absolute Gasteiger partial charge is 0.338 e. The Balaban J connectivity index is 1.48. The summed E-state index contributed by atoms with van der Waals surface area (Å²) >= 11 is 0. The lowest BCUT2D eigenvalue weighted by Gasteiger charge is -2.40. The van der Waals surface area contributed by atoms with E-state index < -0.39 is 0 Å². The number of aromatic amines is 1. The first-order chi connectivity index (χ1) is 13.4. The normalized spacial score (nSPS) is 23.9. The number of amides is 1. The third-order valence-corrected chi connectivity index (χ3v) is 6.55. The zero-order chi connectivity index (χ0) is 19.5. The third kappa shape index (κ3) is 2.86. The first-order valence-electron chi connectivity index (χ1n) is 10.3. The van der Waals surface area contributed by atoms with Crippen LogP contribution in [0.15, 0.2) is 16.9 Å². The Labute approximate surface area is 164 Å². The molecule has 1 atom stereocenters. The molecular weight excluding hydrogens is 352 g/mol. The fraction of sp³-hybridized carbons (Fsp3) is 0.545. The average Bonchev–Trinajstić information content (AvgIpc) is 3.45. The molecule has 1 saturated carbocycles. The molecule has 1 N–H and O–H groups in total. The molecule has 1 spiro atoms. The van der Waals surface area contributed by atoms with Gasteiger partial charge in [0.2, 0.25) is 0 Å². The van der Waals surface area contributed by atoms with E-state index in [1.807, 2.05) is 30.9 Å². The Kier molecular flexibility index (Phi) is 3.93. The number of fused-ring (bicyclic) bond motifs is 2. The van der Waals surface area contributed by atoms with E-state index in [4.69, 9.17) is 4.98 Å². The van der Waals surface area contributed by atoms with Crippen molar-refractivity contribution in [3.8, 4) is 0 Å². The lowest BCUT2D eigenvalue weighted by atomic mass is 9.77. The number of hydrogen-bond donors (Lipinski definition) is 1. The van der Waals surface area contributed by atoms with Crippen LogP contribution in [0.1, 0.15) is 76.8 Å². The maximum absolute atomic E-state index is 13.2. The summed E-state index contributed by atoms with van der Waals surface area (Å²) in [7, 11) is 0. The van der Waals surface area contributed by atoms with Crippen molar-refractivity contribution in [2.24, 2.45) is 0 Å². The molecule has 0 bridgehead atoms. The molecule has 1 amide bonds. The number of aromatic nitrogens is 3. The highest BCUT2D eigenvalue weighted by atomic mass is 16.2. The van der Waals surface area contributed by atoms with Crippen LogP contribution in [0.25, 0.3) is 0 Å². The van der Waals surface area contributed by atoms with Gasteiger partial charge in [-0.15, -0.1) is 0 Å². The maximum atomic E-state index is 13.2. The van der Waals surface area contributed by atoms with Crippen molar-refractivity contribution in [3.05, 3.63) is 56.5 Å². The van der Waals surface area contributed by atoms with Crippen LogP contribution >= 0.6 is 0 Å². The molecule has 5 rings (SSSR count). The molecule has 2 aromatic heterocycles.